The molecule has 0 unspecified atom stereocenters. The summed E-state index contributed by atoms with van der Waals surface area (Å²) in [6.07, 6.45) is -4.92. The summed E-state index contributed by atoms with van der Waals surface area (Å²) >= 11 is -0.508. The molecule has 1 fully saturated rings. The van der Waals surface area contributed by atoms with Gasteiger partial charge < -0.3 is 0 Å². The van der Waals surface area contributed by atoms with Gasteiger partial charge in [0.1, 0.15) is 0 Å². The first kappa shape index (κ1) is 25.0. The molecule has 1 aliphatic rings. The van der Waals surface area contributed by atoms with Crippen LogP contribution in [0, 0.1) is 0 Å². The summed E-state index contributed by atoms with van der Waals surface area (Å²) in [5.41, 5.74) is 0.901. The van der Waals surface area contributed by atoms with Gasteiger partial charge in [0, 0.05) is 0 Å². The van der Waals surface area contributed by atoms with Crippen LogP contribution in [0.15, 0.2) is 30.3 Å². The Hall–Kier alpha value is -2.26. The zero-order valence-corrected chi connectivity index (χ0v) is 19.5. The summed E-state index contributed by atoms with van der Waals surface area (Å²) in [7, 11) is 1.35. The average Bonchev–Trinajstić information content (AvgIpc) is 2.69. The Morgan fingerprint density at radius 1 is 0.871 bits per heavy atom. The number of esters is 3. The molecule has 9 nitrogen and oxygen atoms in total. The van der Waals surface area contributed by atoms with E-state index < -0.39 is 63.6 Å². The maximum atomic E-state index is 12.5. The molecule has 0 bridgehead atoms. The third kappa shape index (κ3) is 7.74. The Bertz CT molecular complexity index is 782. The van der Waals surface area contributed by atoms with Crippen LogP contribution < -0.4 is 0 Å². The van der Waals surface area contributed by atoms with Crippen LogP contribution in [-0.2, 0) is 49.3 Å². The molecule has 2 rings (SSSR count). The van der Waals surface area contributed by atoms with Crippen molar-refractivity contribution in [2.75, 3.05) is 7.11 Å². The van der Waals surface area contributed by atoms with E-state index in [1.165, 1.54) is 27.9 Å². The van der Waals surface area contributed by atoms with E-state index in [2.05, 4.69) is 0 Å². The molecule has 0 aromatic heterocycles. The van der Waals surface area contributed by atoms with Gasteiger partial charge in [-0.25, -0.2) is 0 Å². The van der Waals surface area contributed by atoms with Crippen LogP contribution in [0.25, 0.3) is 0 Å². The molecule has 1 aromatic rings. The monoisotopic (exact) mass is 502 g/mol. The number of carbonyl (C=O) groups is 4. The fraction of sp³-hybridized carbons (Fsp3) is 0.524. The van der Waals surface area contributed by atoms with Crippen molar-refractivity contribution in [3.8, 4) is 0 Å². The van der Waals surface area contributed by atoms with Crippen LogP contribution in [0.3, 0.4) is 0 Å². The summed E-state index contributed by atoms with van der Waals surface area (Å²) in [6.45, 7) is 3.59. The van der Waals surface area contributed by atoms with Gasteiger partial charge in [0.2, 0.25) is 0 Å². The van der Waals surface area contributed by atoms with E-state index in [-0.39, 0.29) is 16.4 Å². The summed E-state index contributed by atoms with van der Waals surface area (Å²) in [5.74, 6) is -1.92. The van der Waals surface area contributed by atoms with Gasteiger partial charge in [0.15, 0.2) is 0 Å². The van der Waals surface area contributed by atoms with Gasteiger partial charge in [-0.2, -0.15) is 0 Å². The third-order valence-electron chi connectivity index (χ3n) is 4.33. The first-order chi connectivity index (χ1) is 14.7. The fourth-order valence-electron chi connectivity index (χ4n) is 3.17. The number of hydrogen-bond donors (Lipinski definition) is 0. The predicted octanol–water partition coefficient (Wildman–Crippen LogP) is 1.04. The van der Waals surface area contributed by atoms with Crippen LogP contribution in [0.1, 0.15) is 26.3 Å². The topological polar surface area (TPSA) is 114 Å². The van der Waals surface area contributed by atoms with Crippen molar-refractivity contribution in [3.63, 3.8) is 0 Å². The zero-order chi connectivity index (χ0) is 23.0. The molecule has 5 atom stereocenters. The van der Waals surface area contributed by atoms with E-state index in [9.17, 15) is 19.2 Å². The molecule has 0 radical (unpaired) electrons. The van der Waals surface area contributed by atoms with Crippen molar-refractivity contribution in [2.24, 2.45) is 0 Å². The van der Waals surface area contributed by atoms with Gasteiger partial charge in [-0.05, 0) is 0 Å². The van der Waals surface area contributed by atoms with Crippen molar-refractivity contribution in [3.05, 3.63) is 35.9 Å². The molecule has 0 spiro atoms. The normalized spacial score (nSPS) is 25.4. The van der Waals surface area contributed by atoms with E-state index in [1.54, 1.807) is 0 Å². The number of rotatable bonds is 9. The Kier molecular flexibility index (Phi) is 9.64. The van der Waals surface area contributed by atoms with Crippen LogP contribution >= 0.6 is 0 Å². The second-order valence-electron chi connectivity index (χ2n) is 6.85. The Morgan fingerprint density at radius 2 is 1.42 bits per heavy atom. The summed E-state index contributed by atoms with van der Waals surface area (Å²) < 4.78 is 27.2. The second-order valence-corrected chi connectivity index (χ2v) is 9.11. The van der Waals surface area contributed by atoms with Crippen molar-refractivity contribution in [1.82, 2.24) is 0 Å². The molecule has 1 saturated heterocycles. The number of carbonyl (C=O) groups excluding carboxylic acids is 4. The van der Waals surface area contributed by atoms with Gasteiger partial charge in [-0.15, -0.1) is 0 Å². The molecule has 0 amide bonds. The Labute approximate surface area is 186 Å². The number of ether oxygens (including phenoxy) is 5. The quantitative estimate of drug-likeness (QED) is 0.278. The first-order valence-electron chi connectivity index (χ1n) is 9.60. The number of benzene rings is 1. The van der Waals surface area contributed by atoms with E-state index in [0.717, 1.165) is 5.56 Å². The first-order valence-corrected chi connectivity index (χ1v) is 11.7. The molecule has 31 heavy (non-hydrogen) atoms. The number of methoxy groups -OCH3 is 1. The Morgan fingerprint density at radius 3 is 1.97 bits per heavy atom. The second kappa shape index (κ2) is 12.0. The summed E-state index contributed by atoms with van der Waals surface area (Å²) in [6, 6.07) is 9.33. The third-order valence-corrected chi connectivity index (χ3v) is 6.35. The molecular formula is C21H26O9Se. The molecule has 170 valence electrons. The molecule has 0 saturated carbocycles. The van der Waals surface area contributed by atoms with Crippen LogP contribution in [0.5, 0.6) is 0 Å². The van der Waals surface area contributed by atoms with Crippen LogP contribution in [0.4, 0.5) is 0 Å². The van der Waals surface area contributed by atoms with Crippen molar-refractivity contribution >= 4 is 37.5 Å². The molecule has 0 aliphatic carbocycles. The van der Waals surface area contributed by atoms with Crippen molar-refractivity contribution in [1.29, 1.82) is 0 Å². The number of hydrogen-bond acceptors (Lipinski definition) is 9. The minimum absolute atomic E-state index is 0.0315. The van der Waals surface area contributed by atoms with Gasteiger partial charge >= 0.3 is 187 Å². The molecule has 0 N–H and O–H groups in total. The maximum absolute atomic E-state index is 12.5. The molecule has 1 aliphatic heterocycles. The van der Waals surface area contributed by atoms with E-state index >= 15 is 0 Å². The van der Waals surface area contributed by atoms with Crippen LogP contribution in [0.2, 0.25) is 5.32 Å². The van der Waals surface area contributed by atoms with Gasteiger partial charge in [0.25, 0.3) is 0 Å². The molecule has 10 heteroatoms. The molecular weight excluding hydrogens is 475 g/mol. The molecule has 1 heterocycles. The van der Waals surface area contributed by atoms with Crippen molar-refractivity contribution in [2.45, 2.75) is 63.2 Å². The van der Waals surface area contributed by atoms with E-state index in [0.29, 0.717) is 0 Å². The van der Waals surface area contributed by atoms with Crippen molar-refractivity contribution < 1.29 is 42.9 Å². The van der Waals surface area contributed by atoms with Gasteiger partial charge in [-0.1, -0.05) is 0 Å². The van der Waals surface area contributed by atoms with Gasteiger partial charge in [-0.3, -0.25) is 0 Å². The summed E-state index contributed by atoms with van der Waals surface area (Å²) in [4.78, 5) is 47.5. The average molecular weight is 501 g/mol. The fourth-order valence-corrected chi connectivity index (χ4v) is 5.03. The minimum atomic E-state index is -1.14. The zero-order valence-electron chi connectivity index (χ0n) is 17.8. The Balaban J connectivity index is 2.20. The van der Waals surface area contributed by atoms with E-state index in [1.807, 2.05) is 30.3 Å². The van der Waals surface area contributed by atoms with Gasteiger partial charge in [0.05, 0.1) is 0 Å². The molecule has 1 aromatic carbocycles. The van der Waals surface area contributed by atoms with E-state index in [4.69, 9.17) is 23.7 Å². The summed E-state index contributed by atoms with van der Waals surface area (Å²) in [5, 5.41) is 0.251. The predicted molar refractivity (Wildman–Crippen MR) is 108 cm³/mol. The standard InChI is InChI=1S/C21H26O9Se/c1-12(22)27-18-16(11-31-17(25)10-15-8-6-5-7-9-15)30-21(26-4)20(29-14(3)24)19(18)28-13(2)23/h5-9,16,18-21H,10-11H2,1-4H3/t16-,18-,19+,20-,21+/m1/s1. The van der Waals surface area contributed by atoms with Crippen LogP contribution in [-0.4, -0.2) is 75.4 Å². The SMILES string of the molecule is CO[C@H]1O[C@H](C[Se]C(=O)Cc2ccccc2)[C@@H](OC(C)=O)[C@H](OC(C)=O)[C@H]1OC(C)=O.